The second-order valence-electron chi connectivity index (χ2n) is 10.6. The van der Waals surface area contributed by atoms with Gasteiger partial charge in [0.1, 0.15) is 17.6 Å². The molecule has 0 radical (unpaired) electrons. The van der Waals surface area contributed by atoms with Crippen LogP contribution in [0.25, 0.3) is 22.0 Å². The summed E-state index contributed by atoms with van der Waals surface area (Å²) in [6.45, 7) is 5.54. The molecule has 1 aliphatic heterocycles. The van der Waals surface area contributed by atoms with Crippen LogP contribution in [0.1, 0.15) is 52.0 Å². The summed E-state index contributed by atoms with van der Waals surface area (Å²) in [6.07, 6.45) is 0.388. The van der Waals surface area contributed by atoms with Gasteiger partial charge in [0.25, 0.3) is 0 Å². The van der Waals surface area contributed by atoms with Gasteiger partial charge in [-0.2, -0.15) is 4.31 Å². The predicted octanol–water partition coefficient (Wildman–Crippen LogP) is 5.59. The van der Waals surface area contributed by atoms with Crippen molar-refractivity contribution in [1.82, 2.24) is 8.87 Å². The van der Waals surface area contributed by atoms with Crippen molar-refractivity contribution in [2.45, 2.75) is 57.4 Å². The van der Waals surface area contributed by atoms with Crippen LogP contribution in [0.3, 0.4) is 0 Å². The van der Waals surface area contributed by atoms with E-state index < -0.39 is 39.5 Å². The Kier molecular flexibility index (Phi) is 6.58. The molecule has 1 aromatic heterocycles. The molecule has 10 heteroatoms. The summed E-state index contributed by atoms with van der Waals surface area (Å²) in [5.74, 6) is -1.51. The van der Waals surface area contributed by atoms with E-state index in [1.807, 2.05) is 6.92 Å². The average molecular weight is 579 g/mol. The zero-order chi connectivity index (χ0) is 29.2. The van der Waals surface area contributed by atoms with Crippen molar-refractivity contribution in [3.8, 4) is 11.1 Å². The molecular formula is C31H28F2N2O5S. The number of hydrogen-bond donors (Lipinski definition) is 0. The standard InChI is InChI=1S/C31H28F2N2O5S/c1-4-40-31(37)24-16-35(27-13-25(27)32)29-18(3)28(26(33)12-23(29)30(24)36)19-7-8-20-14-34(15-21(20)11-19)41(38,39)22-9-5-17(2)6-10-22/h5-12,16,25,27H,4,13-15H2,1-3H3. The fourth-order valence-corrected chi connectivity index (χ4v) is 7.03. The van der Waals surface area contributed by atoms with Crippen LogP contribution in [0.5, 0.6) is 0 Å². The van der Waals surface area contributed by atoms with Gasteiger partial charge in [-0.3, -0.25) is 4.79 Å². The third-order valence-corrected chi connectivity index (χ3v) is 9.70. The fourth-order valence-electron chi connectivity index (χ4n) is 5.64. The van der Waals surface area contributed by atoms with Gasteiger partial charge >= 0.3 is 5.97 Å². The molecule has 2 atom stereocenters. The first-order valence-corrected chi connectivity index (χ1v) is 14.8. The van der Waals surface area contributed by atoms with Crippen molar-refractivity contribution in [3.63, 3.8) is 0 Å². The Morgan fingerprint density at radius 1 is 1.05 bits per heavy atom. The molecule has 4 aromatic rings. The zero-order valence-electron chi connectivity index (χ0n) is 22.8. The van der Waals surface area contributed by atoms with E-state index in [0.29, 0.717) is 16.6 Å². The molecule has 1 saturated carbocycles. The van der Waals surface area contributed by atoms with Crippen LogP contribution in [0, 0.1) is 19.7 Å². The van der Waals surface area contributed by atoms with Crippen molar-refractivity contribution < 1.29 is 26.7 Å². The Morgan fingerprint density at radius 2 is 1.73 bits per heavy atom. The summed E-state index contributed by atoms with van der Waals surface area (Å²) < 4.78 is 64.6. The molecule has 2 unspecified atom stereocenters. The number of fused-ring (bicyclic) bond motifs is 2. The SMILES string of the molecule is CCOC(=O)c1cn(C2CC2F)c2c(C)c(-c3ccc4c(c3)CN(S(=O)(=O)c3ccc(C)cc3)C4)c(F)cc2c1=O. The maximum absolute atomic E-state index is 15.8. The number of sulfonamides is 1. The molecule has 1 fully saturated rings. The summed E-state index contributed by atoms with van der Waals surface area (Å²) in [5.41, 5.74) is 3.10. The minimum atomic E-state index is -3.73. The van der Waals surface area contributed by atoms with Gasteiger partial charge in [0.2, 0.25) is 15.5 Å². The molecule has 1 aliphatic carbocycles. The third-order valence-electron chi connectivity index (χ3n) is 7.89. The molecule has 212 valence electrons. The van der Waals surface area contributed by atoms with Gasteiger partial charge in [0.05, 0.1) is 23.1 Å². The number of esters is 1. The summed E-state index contributed by atoms with van der Waals surface area (Å²) in [4.78, 5) is 25.9. The Balaban J connectivity index is 1.44. The number of alkyl halides is 1. The van der Waals surface area contributed by atoms with Gasteiger partial charge in [-0.15, -0.1) is 0 Å². The smallest absolute Gasteiger partial charge is 0.343 e. The molecule has 3 aromatic carbocycles. The monoisotopic (exact) mass is 578 g/mol. The van der Waals surface area contributed by atoms with Crippen LogP contribution < -0.4 is 5.43 Å². The summed E-state index contributed by atoms with van der Waals surface area (Å²) in [7, 11) is -3.73. The Morgan fingerprint density at radius 3 is 2.39 bits per heavy atom. The molecule has 0 saturated heterocycles. The molecule has 2 heterocycles. The molecule has 0 bridgehead atoms. The van der Waals surface area contributed by atoms with Gasteiger partial charge in [0, 0.05) is 36.7 Å². The van der Waals surface area contributed by atoms with Crippen LogP contribution in [0.2, 0.25) is 0 Å². The van der Waals surface area contributed by atoms with Crippen molar-refractivity contribution in [3.05, 3.63) is 98.6 Å². The maximum Gasteiger partial charge on any atom is 0.343 e. The number of pyridine rings is 1. The van der Waals surface area contributed by atoms with E-state index in [9.17, 15) is 22.4 Å². The molecule has 0 amide bonds. The number of aryl methyl sites for hydroxylation is 2. The molecule has 0 N–H and O–H groups in total. The molecule has 7 nitrogen and oxygen atoms in total. The van der Waals surface area contributed by atoms with Gasteiger partial charge in [0.15, 0.2) is 0 Å². The lowest BCUT2D eigenvalue weighted by Crippen LogP contribution is -2.25. The zero-order valence-corrected chi connectivity index (χ0v) is 23.6. The van der Waals surface area contributed by atoms with E-state index in [2.05, 4.69) is 0 Å². The number of nitrogens with zero attached hydrogens (tertiary/aromatic N) is 2. The minimum Gasteiger partial charge on any atom is -0.462 e. The largest absolute Gasteiger partial charge is 0.462 e. The quantitative estimate of drug-likeness (QED) is 0.279. The maximum atomic E-state index is 15.8. The van der Waals surface area contributed by atoms with Crippen molar-refractivity contribution >= 4 is 26.9 Å². The van der Waals surface area contributed by atoms with Crippen LogP contribution >= 0.6 is 0 Å². The number of aromatic nitrogens is 1. The minimum absolute atomic E-state index is 0.0232. The lowest BCUT2D eigenvalue weighted by atomic mass is 9.94. The van der Waals surface area contributed by atoms with Gasteiger partial charge in [-0.1, -0.05) is 29.8 Å². The van der Waals surface area contributed by atoms with Gasteiger partial charge < -0.3 is 9.30 Å². The van der Waals surface area contributed by atoms with Gasteiger partial charge in [-0.25, -0.2) is 22.0 Å². The number of benzene rings is 3. The number of hydrogen-bond acceptors (Lipinski definition) is 5. The molecule has 41 heavy (non-hydrogen) atoms. The highest BCUT2D eigenvalue weighted by atomic mass is 32.2. The van der Waals surface area contributed by atoms with Crippen LogP contribution in [0.15, 0.2) is 64.4 Å². The van der Waals surface area contributed by atoms with E-state index in [0.717, 1.165) is 22.8 Å². The predicted molar refractivity (Wildman–Crippen MR) is 150 cm³/mol. The number of ether oxygens (including phenoxy) is 1. The lowest BCUT2D eigenvalue weighted by Gasteiger charge is -2.18. The highest BCUT2D eigenvalue weighted by molar-refractivity contribution is 7.89. The van der Waals surface area contributed by atoms with E-state index in [4.69, 9.17) is 4.74 Å². The van der Waals surface area contributed by atoms with E-state index in [1.165, 1.54) is 10.5 Å². The highest BCUT2D eigenvalue weighted by Crippen LogP contribution is 2.43. The third kappa shape index (κ3) is 4.55. The number of carbonyl (C=O) groups is 1. The van der Waals surface area contributed by atoms with E-state index >= 15 is 4.39 Å². The normalized spacial score (nSPS) is 18.5. The topological polar surface area (TPSA) is 85.7 Å². The van der Waals surface area contributed by atoms with Crippen molar-refractivity contribution in [1.29, 1.82) is 0 Å². The second-order valence-corrected chi connectivity index (χ2v) is 12.6. The summed E-state index contributed by atoms with van der Waals surface area (Å²) in [6, 6.07) is 12.5. The van der Waals surface area contributed by atoms with E-state index in [1.54, 1.807) is 60.9 Å². The van der Waals surface area contributed by atoms with E-state index in [-0.39, 0.29) is 47.5 Å². The highest BCUT2D eigenvalue weighted by Gasteiger charge is 2.41. The molecular weight excluding hydrogens is 550 g/mol. The van der Waals surface area contributed by atoms with Crippen LogP contribution in [0.4, 0.5) is 8.78 Å². The summed E-state index contributed by atoms with van der Waals surface area (Å²) in [5, 5.41) is -0.0232. The first-order chi connectivity index (χ1) is 19.5. The molecule has 6 rings (SSSR count). The fraction of sp³-hybridized carbons (Fsp3) is 0.290. The Bertz CT molecular complexity index is 1900. The Hall–Kier alpha value is -3.89. The molecule has 0 spiro atoms. The lowest BCUT2D eigenvalue weighted by molar-refractivity contribution is 0.0524. The van der Waals surface area contributed by atoms with Gasteiger partial charge in [-0.05, 0) is 67.3 Å². The number of carbonyl (C=O) groups excluding carboxylic acids is 1. The average Bonchev–Trinajstić information content (AvgIpc) is 3.49. The van der Waals surface area contributed by atoms with Crippen molar-refractivity contribution in [2.24, 2.45) is 0 Å². The summed E-state index contributed by atoms with van der Waals surface area (Å²) >= 11 is 0. The first kappa shape index (κ1) is 27.3. The van der Waals surface area contributed by atoms with Crippen LogP contribution in [-0.4, -0.2) is 36.0 Å². The number of rotatable bonds is 6. The number of halogens is 2. The Labute approximate surface area is 236 Å². The van der Waals surface area contributed by atoms with Crippen LogP contribution in [-0.2, 0) is 27.8 Å². The molecule has 2 aliphatic rings. The van der Waals surface area contributed by atoms with Crippen molar-refractivity contribution in [2.75, 3.05) is 6.61 Å². The first-order valence-electron chi connectivity index (χ1n) is 13.4. The second kappa shape index (κ2) is 9.88.